The van der Waals surface area contributed by atoms with Gasteiger partial charge in [-0.3, -0.25) is 0 Å². The van der Waals surface area contributed by atoms with Gasteiger partial charge in [0.2, 0.25) is 0 Å². The number of carboxylic acids is 1. The van der Waals surface area contributed by atoms with Gasteiger partial charge in [-0.1, -0.05) is 36.4 Å². The molecule has 0 radical (unpaired) electrons. The van der Waals surface area contributed by atoms with Crippen LogP contribution in [0.5, 0.6) is 0 Å². The number of rotatable bonds is 2. The number of aromatic carboxylic acids is 1. The van der Waals surface area contributed by atoms with Crippen LogP contribution in [0, 0.1) is 23.6 Å². The minimum Gasteiger partial charge on any atom is -0.545 e. The lowest BCUT2D eigenvalue weighted by atomic mass is 9.67. The van der Waals surface area contributed by atoms with Crippen LogP contribution in [0.15, 0.2) is 42.5 Å². The quantitative estimate of drug-likeness (QED) is 0.913. The van der Waals surface area contributed by atoms with Crippen molar-refractivity contribution in [3.8, 4) is 0 Å². The fourth-order valence-corrected chi connectivity index (χ4v) is 5.72. The Morgan fingerprint density at radius 2 is 1.80 bits per heavy atom. The number of carbonyl (C=O) groups is 1. The maximum absolute atomic E-state index is 14.5. The van der Waals surface area contributed by atoms with Crippen molar-refractivity contribution in [2.75, 3.05) is 5.32 Å². The SMILES string of the molecule is O=C([O-])c1cccc2c1N[C@@H](c1ccccc1F)[C@H]1[C@@H]3CC[C@@H](C3)[C@H]21. The number of carbonyl (C=O) groups excluding carboxylic acids is 1. The van der Waals surface area contributed by atoms with Crippen LogP contribution in [0.1, 0.15) is 52.7 Å². The van der Waals surface area contributed by atoms with E-state index in [1.165, 1.54) is 18.9 Å². The highest BCUT2D eigenvalue weighted by molar-refractivity contribution is 5.94. The van der Waals surface area contributed by atoms with Gasteiger partial charge in [-0.15, -0.1) is 0 Å². The summed E-state index contributed by atoms with van der Waals surface area (Å²) in [5.74, 6) is 0.363. The molecule has 1 aliphatic heterocycles. The van der Waals surface area contributed by atoms with E-state index in [0.29, 0.717) is 34.9 Å². The number of para-hydroxylation sites is 1. The van der Waals surface area contributed by atoms with Crippen LogP contribution in [-0.4, -0.2) is 5.97 Å². The molecule has 128 valence electrons. The highest BCUT2D eigenvalue weighted by Gasteiger charge is 2.54. The predicted octanol–water partition coefficient (Wildman–Crippen LogP) is 3.49. The Hall–Kier alpha value is -2.36. The Morgan fingerprint density at radius 1 is 1.04 bits per heavy atom. The van der Waals surface area contributed by atoms with Crippen molar-refractivity contribution >= 4 is 11.7 Å². The Balaban J connectivity index is 1.70. The Bertz CT molecular complexity index is 865. The summed E-state index contributed by atoms with van der Waals surface area (Å²) < 4.78 is 14.5. The largest absolute Gasteiger partial charge is 0.545 e. The van der Waals surface area contributed by atoms with E-state index in [1.54, 1.807) is 18.2 Å². The topological polar surface area (TPSA) is 52.2 Å². The van der Waals surface area contributed by atoms with Gasteiger partial charge in [-0.05, 0) is 54.6 Å². The average Bonchev–Trinajstić information content (AvgIpc) is 3.23. The summed E-state index contributed by atoms with van der Waals surface area (Å²) in [6.45, 7) is 0. The van der Waals surface area contributed by atoms with Gasteiger partial charge >= 0.3 is 0 Å². The first kappa shape index (κ1) is 14.9. The summed E-state index contributed by atoms with van der Waals surface area (Å²) >= 11 is 0. The Morgan fingerprint density at radius 3 is 2.60 bits per heavy atom. The lowest BCUT2D eigenvalue weighted by molar-refractivity contribution is -0.254. The van der Waals surface area contributed by atoms with Crippen LogP contribution in [-0.2, 0) is 0 Å². The van der Waals surface area contributed by atoms with E-state index in [1.807, 2.05) is 18.2 Å². The number of carboxylic acid groups (broad SMARTS) is 1. The van der Waals surface area contributed by atoms with Crippen molar-refractivity contribution < 1.29 is 14.3 Å². The summed E-state index contributed by atoms with van der Waals surface area (Å²) in [6.07, 6.45) is 3.54. The Kier molecular flexibility index (Phi) is 3.18. The molecule has 2 aliphatic carbocycles. The van der Waals surface area contributed by atoms with Crippen molar-refractivity contribution in [2.45, 2.75) is 31.2 Å². The molecule has 0 saturated heterocycles. The third kappa shape index (κ3) is 2.06. The highest BCUT2D eigenvalue weighted by Crippen LogP contribution is 2.64. The monoisotopic (exact) mass is 336 g/mol. The van der Waals surface area contributed by atoms with E-state index < -0.39 is 5.97 Å². The molecule has 2 aromatic rings. The molecule has 0 unspecified atom stereocenters. The van der Waals surface area contributed by atoms with Gasteiger partial charge in [-0.2, -0.15) is 0 Å². The molecule has 1 N–H and O–H groups in total. The van der Waals surface area contributed by atoms with Gasteiger partial charge in [0.1, 0.15) is 5.82 Å². The van der Waals surface area contributed by atoms with Crippen LogP contribution in [0.25, 0.3) is 0 Å². The molecule has 2 aromatic carbocycles. The number of fused-ring (bicyclic) bond motifs is 7. The standard InChI is InChI=1S/C21H20FNO2/c22-16-7-2-1-4-13(16)20-18-12-9-8-11(10-12)17(18)14-5-3-6-15(21(24)25)19(14)23-20/h1-7,11-12,17-18,20,23H,8-10H2,(H,24,25)/p-1/t11-,12+,17+,18-,20-/m0/s1. The highest BCUT2D eigenvalue weighted by atomic mass is 19.1. The van der Waals surface area contributed by atoms with E-state index in [9.17, 15) is 14.3 Å². The molecule has 0 spiro atoms. The third-order valence-electron chi connectivity index (χ3n) is 6.58. The fourth-order valence-electron chi connectivity index (χ4n) is 5.72. The van der Waals surface area contributed by atoms with Crippen LogP contribution in [0.2, 0.25) is 0 Å². The minimum absolute atomic E-state index is 0.181. The van der Waals surface area contributed by atoms with Gasteiger partial charge in [0.15, 0.2) is 0 Å². The Labute approximate surface area is 145 Å². The number of benzene rings is 2. The zero-order valence-corrected chi connectivity index (χ0v) is 13.7. The molecule has 4 heteroatoms. The second-order valence-corrected chi connectivity index (χ2v) is 7.64. The second-order valence-electron chi connectivity index (χ2n) is 7.64. The molecule has 25 heavy (non-hydrogen) atoms. The molecule has 5 rings (SSSR count). The first-order chi connectivity index (χ1) is 12.1. The maximum atomic E-state index is 14.5. The van der Waals surface area contributed by atoms with Crippen molar-refractivity contribution in [1.29, 1.82) is 0 Å². The molecular weight excluding hydrogens is 317 g/mol. The van der Waals surface area contributed by atoms with Crippen molar-refractivity contribution in [3.05, 3.63) is 65.0 Å². The van der Waals surface area contributed by atoms with Gasteiger partial charge < -0.3 is 15.2 Å². The van der Waals surface area contributed by atoms with Crippen LogP contribution < -0.4 is 10.4 Å². The maximum Gasteiger partial charge on any atom is 0.128 e. The zero-order chi connectivity index (χ0) is 17.1. The van der Waals surface area contributed by atoms with Crippen LogP contribution >= 0.6 is 0 Å². The number of halogens is 1. The molecular formula is C21H19FNO2-. The molecule has 0 aromatic heterocycles. The minimum atomic E-state index is -1.18. The first-order valence-corrected chi connectivity index (χ1v) is 9.00. The summed E-state index contributed by atoms with van der Waals surface area (Å²) in [5.41, 5.74) is 2.53. The molecule has 2 bridgehead atoms. The second kappa shape index (κ2) is 5.32. The van der Waals surface area contributed by atoms with E-state index in [2.05, 4.69) is 5.32 Å². The van der Waals surface area contributed by atoms with Crippen molar-refractivity contribution in [3.63, 3.8) is 0 Å². The molecule has 0 amide bonds. The number of hydrogen-bond donors (Lipinski definition) is 1. The van der Waals surface area contributed by atoms with Crippen molar-refractivity contribution in [2.24, 2.45) is 17.8 Å². The summed E-state index contributed by atoms with van der Waals surface area (Å²) in [7, 11) is 0. The van der Waals surface area contributed by atoms with Crippen molar-refractivity contribution in [1.82, 2.24) is 0 Å². The molecule has 3 nitrogen and oxygen atoms in total. The average molecular weight is 336 g/mol. The normalized spacial score (nSPS) is 32.0. The number of anilines is 1. The number of hydrogen-bond acceptors (Lipinski definition) is 3. The lowest BCUT2D eigenvalue weighted by Crippen LogP contribution is -2.37. The summed E-state index contributed by atoms with van der Waals surface area (Å²) in [6, 6.07) is 12.1. The van der Waals surface area contributed by atoms with Gasteiger partial charge in [0.05, 0.1) is 12.0 Å². The van der Waals surface area contributed by atoms with E-state index in [0.717, 1.165) is 12.0 Å². The molecule has 2 saturated carbocycles. The predicted molar refractivity (Wildman–Crippen MR) is 90.6 cm³/mol. The van der Waals surface area contributed by atoms with Gasteiger partial charge in [-0.25, -0.2) is 4.39 Å². The molecule has 5 atom stereocenters. The van der Waals surface area contributed by atoms with E-state index in [-0.39, 0.29) is 17.4 Å². The van der Waals surface area contributed by atoms with Crippen LogP contribution in [0.4, 0.5) is 10.1 Å². The molecule has 1 heterocycles. The fraction of sp³-hybridized carbons (Fsp3) is 0.381. The van der Waals surface area contributed by atoms with Crippen LogP contribution in [0.3, 0.4) is 0 Å². The summed E-state index contributed by atoms with van der Waals surface area (Å²) in [4.78, 5) is 11.6. The van der Waals surface area contributed by atoms with E-state index >= 15 is 0 Å². The summed E-state index contributed by atoms with van der Waals surface area (Å²) in [5, 5.41) is 15.0. The lowest BCUT2D eigenvalue weighted by Gasteiger charge is -2.44. The molecule has 3 aliphatic rings. The van der Waals surface area contributed by atoms with Gasteiger partial charge in [0.25, 0.3) is 0 Å². The molecule has 2 fully saturated rings. The zero-order valence-electron chi connectivity index (χ0n) is 13.7. The first-order valence-electron chi connectivity index (χ1n) is 9.00. The van der Waals surface area contributed by atoms with Gasteiger partial charge in [0, 0.05) is 16.8 Å². The smallest absolute Gasteiger partial charge is 0.128 e. The number of nitrogens with one attached hydrogen (secondary N) is 1. The van der Waals surface area contributed by atoms with E-state index in [4.69, 9.17) is 0 Å². The third-order valence-corrected chi connectivity index (χ3v) is 6.58.